The van der Waals surface area contributed by atoms with Crippen molar-refractivity contribution in [3.8, 4) is 28.1 Å². The number of aromatic nitrogens is 6. The lowest BCUT2D eigenvalue weighted by molar-refractivity contribution is 0.0916. The van der Waals surface area contributed by atoms with Crippen molar-refractivity contribution in [3.05, 3.63) is 101 Å². The standard InChI is InChI=1S/C36H40N8O2/c1-42-14-12-29(13-15-42)39-36(45)26-9-8-25(32(18-26)46-4)19-33-37-20-27-10-11-30-34(35(27)40-33)31(44(3)41-30)17-23-6-5-7-24(16-23)28-21-38-43(2)22-28/h5-9,16,18,20-22,29H,10-15,17,19H2,1-4H3,(H,39,45). The number of carbonyl (C=O) groups excluding carboxylic acids is 1. The molecular formula is C36H40N8O2. The number of nitrogens with zero attached hydrogens (tertiary/aromatic N) is 7. The van der Waals surface area contributed by atoms with Gasteiger partial charge in [0.2, 0.25) is 0 Å². The molecule has 0 bridgehead atoms. The topological polar surface area (TPSA) is 103 Å². The van der Waals surface area contributed by atoms with Crippen LogP contribution in [-0.2, 0) is 39.8 Å². The first-order valence-electron chi connectivity index (χ1n) is 16.0. The minimum Gasteiger partial charge on any atom is -0.496 e. The molecule has 0 atom stereocenters. The number of carbonyl (C=O) groups is 1. The van der Waals surface area contributed by atoms with Crippen molar-refractivity contribution >= 4 is 5.91 Å². The second-order valence-corrected chi connectivity index (χ2v) is 12.6. The van der Waals surface area contributed by atoms with E-state index in [0.29, 0.717) is 23.6 Å². The number of benzene rings is 2. The maximum absolute atomic E-state index is 13.0. The van der Waals surface area contributed by atoms with Crippen molar-refractivity contribution in [1.29, 1.82) is 0 Å². The summed E-state index contributed by atoms with van der Waals surface area (Å²) in [6.07, 6.45) is 10.8. The molecule has 0 spiro atoms. The minimum atomic E-state index is -0.0629. The van der Waals surface area contributed by atoms with Crippen LogP contribution in [0.4, 0.5) is 0 Å². The molecule has 5 aromatic rings. The van der Waals surface area contributed by atoms with Crippen LogP contribution in [0.2, 0.25) is 0 Å². The van der Waals surface area contributed by atoms with Crippen molar-refractivity contribution in [2.75, 3.05) is 27.2 Å². The number of ether oxygens (including phenoxy) is 1. The van der Waals surface area contributed by atoms with E-state index in [1.54, 1.807) is 7.11 Å². The molecule has 0 radical (unpaired) electrons. The van der Waals surface area contributed by atoms with Crippen LogP contribution in [0.15, 0.2) is 61.1 Å². The minimum absolute atomic E-state index is 0.0629. The highest BCUT2D eigenvalue weighted by Crippen LogP contribution is 2.36. The zero-order valence-electron chi connectivity index (χ0n) is 27.0. The zero-order valence-corrected chi connectivity index (χ0v) is 27.0. The quantitative estimate of drug-likeness (QED) is 0.276. The predicted molar refractivity (Wildman–Crippen MR) is 177 cm³/mol. The molecule has 2 aromatic carbocycles. The Morgan fingerprint density at radius 1 is 1.00 bits per heavy atom. The van der Waals surface area contributed by atoms with Gasteiger partial charge in [-0.15, -0.1) is 0 Å². The lowest BCUT2D eigenvalue weighted by atomic mass is 9.91. The lowest BCUT2D eigenvalue weighted by Crippen LogP contribution is -2.43. The normalized spacial score (nSPS) is 15.0. The molecule has 236 valence electrons. The van der Waals surface area contributed by atoms with Gasteiger partial charge in [0.05, 0.1) is 30.4 Å². The average molecular weight is 617 g/mol. The Morgan fingerprint density at radius 3 is 2.63 bits per heavy atom. The Balaban J connectivity index is 1.13. The molecule has 1 saturated heterocycles. The SMILES string of the molecule is COc1cc(C(=O)NC2CCN(C)CC2)ccc1Cc1ncc2c(n1)-c1c(nn(C)c1Cc1cccc(-c3cnn(C)c3)c1)CC2. The summed E-state index contributed by atoms with van der Waals surface area (Å²) in [7, 11) is 7.72. The van der Waals surface area contributed by atoms with Crippen LogP contribution in [0.25, 0.3) is 22.4 Å². The molecule has 1 fully saturated rings. The molecule has 4 heterocycles. The van der Waals surface area contributed by atoms with E-state index in [1.165, 1.54) is 5.56 Å². The molecule has 1 amide bonds. The summed E-state index contributed by atoms with van der Waals surface area (Å²) in [4.78, 5) is 25.2. The second kappa shape index (κ2) is 12.5. The van der Waals surface area contributed by atoms with Crippen molar-refractivity contribution in [1.82, 2.24) is 39.7 Å². The molecule has 1 aliphatic heterocycles. The molecule has 1 aliphatic carbocycles. The van der Waals surface area contributed by atoms with E-state index in [2.05, 4.69) is 46.6 Å². The Hall–Kier alpha value is -4.83. The van der Waals surface area contributed by atoms with Gasteiger partial charge in [-0.1, -0.05) is 30.3 Å². The molecule has 2 aliphatic rings. The van der Waals surface area contributed by atoms with E-state index >= 15 is 0 Å². The van der Waals surface area contributed by atoms with Gasteiger partial charge in [-0.05, 0) is 74.6 Å². The Kier molecular flexibility index (Phi) is 8.12. The Morgan fingerprint density at radius 2 is 1.85 bits per heavy atom. The number of hydrogen-bond acceptors (Lipinski definition) is 7. The average Bonchev–Trinajstić information content (AvgIpc) is 3.64. The van der Waals surface area contributed by atoms with Crippen LogP contribution in [-0.4, -0.2) is 73.6 Å². The fourth-order valence-corrected chi connectivity index (χ4v) is 6.70. The number of fused-ring (bicyclic) bond motifs is 3. The van der Waals surface area contributed by atoms with Gasteiger partial charge >= 0.3 is 0 Å². The highest BCUT2D eigenvalue weighted by Gasteiger charge is 2.27. The number of rotatable bonds is 8. The van der Waals surface area contributed by atoms with E-state index in [1.807, 2.05) is 60.2 Å². The summed E-state index contributed by atoms with van der Waals surface area (Å²) >= 11 is 0. The molecule has 7 rings (SSSR count). The number of aryl methyl sites for hydroxylation is 4. The maximum Gasteiger partial charge on any atom is 0.251 e. The van der Waals surface area contributed by atoms with Gasteiger partial charge in [-0.25, -0.2) is 9.97 Å². The van der Waals surface area contributed by atoms with Crippen molar-refractivity contribution in [2.45, 2.75) is 44.6 Å². The first kappa shape index (κ1) is 29.9. The third-order valence-electron chi connectivity index (χ3n) is 9.31. The number of nitrogens with one attached hydrogen (secondary N) is 1. The molecule has 1 N–H and O–H groups in total. The van der Waals surface area contributed by atoms with Crippen molar-refractivity contribution < 1.29 is 9.53 Å². The van der Waals surface area contributed by atoms with Crippen LogP contribution in [0.3, 0.4) is 0 Å². The lowest BCUT2D eigenvalue weighted by Gasteiger charge is -2.29. The summed E-state index contributed by atoms with van der Waals surface area (Å²) in [6.45, 7) is 1.99. The van der Waals surface area contributed by atoms with E-state index in [-0.39, 0.29) is 11.9 Å². The summed E-state index contributed by atoms with van der Waals surface area (Å²) < 4.78 is 9.59. The Bertz CT molecular complexity index is 1900. The van der Waals surface area contributed by atoms with Gasteiger partial charge in [0.25, 0.3) is 5.91 Å². The Labute approximate surface area is 269 Å². The molecular weight excluding hydrogens is 576 g/mol. The van der Waals surface area contributed by atoms with E-state index < -0.39 is 0 Å². The van der Waals surface area contributed by atoms with Gasteiger partial charge in [0.1, 0.15) is 11.6 Å². The van der Waals surface area contributed by atoms with Gasteiger partial charge in [0, 0.05) is 67.6 Å². The maximum atomic E-state index is 13.0. The highest BCUT2D eigenvalue weighted by molar-refractivity contribution is 5.95. The third kappa shape index (κ3) is 6.04. The number of piperidine rings is 1. The van der Waals surface area contributed by atoms with E-state index in [4.69, 9.17) is 19.8 Å². The molecule has 46 heavy (non-hydrogen) atoms. The van der Waals surface area contributed by atoms with Crippen LogP contribution in [0.5, 0.6) is 5.75 Å². The van der Waals surface area contributed by atoms with Crippen LogP contribution in [0, 0.1) is 0 Å². The molecule has 10 heteroatoms. The van der Waals surface area contributed by atoms with Gasteiger partial charge in [-0.2, -0.15) is 10.2 Å². The summed E-state index contributed by atoms with van der Waals surface area (Å²) in [5.41, 5.74) is 10.4. The first-order chi connectivity index (χ1) is 22.3. The van der Waals surface area contributed by atoms with E-state index in [9.17, 15) is 4.79 Å². The van der Waals surface area contributed by atoms with Gasteiger partial charge in [-0.3, -0.25) is 14.2 Å². The number of hydrogen-bond donors (Lipinski definition) is 1. The fraction of sp³-hybridized carbons (Fsp3) is 0.361. The van der Waals surface area contributed by atoms with Crippen LogP contribution < -0.4 is 10.1 Å². The third-order valence-corrected chi connectivity index (χ3v) is 9.31. The molecule has 10 nitrogen and oxygen atoms in total. The summed E-state index contributed by atoms with van der Waals surface area (Å²) in [5.74, 6) is 1.31. The summed E-state index contributed by atoms with van der Waals surface area (Å²) in [5, 5.41) is 12.5. The van der Waals surface area contributed by atoms with Crippen molar-refractivity contribution in [2.24, 2.45) is 14.1 Å². The first-order valence-corrected chi connectivity index (χ1v) is 16.0. The number of likely N-dealkylation sites (tertiary alicyclic amines) is 1. The van der Waals surface area contributed by atoms with Crippen molar-refractivity contribution in [3.63, 3.8) is 0 Å². The highest BCUT2D eigenvalue weighted by atomic mass is 16.5. The second-order valence-electron chi connectivity index (χ2n) is 12.6. The van der Waals surface area contributed by atoms with Crippen LogP contribution >= 0.6 is 0 Å². The number of amides is 1. The summed E-state index contributed by atoms with van der Waals surface area (Å²) in [6, 6.07) is 14.5. The number of methoxy groups -OCH3 is 1. The smallest absolute Gasteiger partial charge is 0.251 e. The molecule has 0 unspecified atom stereocenters. The monoisotopic (exact) mass is 616 g/mol. The fourth-order valence-electron chi connectivity index (χ4n) is 6.70. The molecule has 0 saturated carbocycles. The van der Waals surface area contributed by atoms with E-state index in [0.717, 1.165) is 90.1 Å². The van der Waals surface area contributed by atoms with Crippen LogP contribution in [0.1, 0.15) is 57.1 Å². The zero-order chi connectivity index (χ0) is 31.8. The van der Waals surface area contributed by atoms with Gasteiger partial charge in [0.15, 0.2) is 0 Å². The molecule has 3 aromatic heterocycles. The predicted octanol–water partition coefficient (Wildman–Crippen LogP) is 4.39. The van der Waals surface area contributed by atoms with Gasteiger partial charge < -0.3 is 15.0 Å². The largest absolute Gasteiger partial charge is 0.496 e.